The molecule has 25 heavy (non-hydrogen) atoms. The fraction of sp³-hybridized carbons (Fsp3) is 0.176. The molecule has 0 amide bonds. The minimum Gasteiger partial charge on any atom is -0.338 e. The van der Waals surface area contributed by atoms with Crippen molar-refractivity contribution in [1.82, 2.24) is 24.7 Å². The van der Waals surface area contributed by atoms with Crippen LogP contribution in [0.25, 0.3) is 17.0 Å². The van der Waals surface area contributed by atoms with Gasteiger partial charge in [-0.1, -0.05) is 35.1 Å². The lowest BCUT2D eigenvalue weighted by atomic mass is 10.1. The first-order valence-corrected chi connectivity index (χ1v) is 8.56. The molecule has 1 unspecified atom stereocenters. The van der Waals surface area contributed by atoms with Crippen LogP contribution in [0.2, 0.25) is 0 Å². The average Bonchev–Trinajstić information content (AvgIpc) is 3.25. The van der Waals surface area contributed by atoms with Crippen LogP contribution in [0.15, 0.2) is 52.3 Å². The molecule has 0 aliphatic rings. The number of aryl methyl sites for hydroxylation is 1. The van der Waals surface area contributed by atoms with Gasteiger partial charge in [-0.15, -0.1) is 10.2 Å². The second kappa shape index (κ2) is 6.29. The Balaban J connectivity index is 1.58. The van der Waals surface area contributed by atoms with Gasteiger partial charge in [0.05, 0.1) is 5.25 Å². The van der Waals surface area contributed by atoms with Crippen molar-refractivity contribution in [2.75, 3.05) is 0 Å². The topological polar surface area (TPSA) is 69.1 Å². The quantitative estimate of drug-likeness (QED) is 0.514. The molecule has 8 heteroatoms. The molecule has 6 nitrogen and oxygen atoms in total. The van der Waals surface area contributed by atoms with E-state index in [2.05, 4.69) is 20.3 Å². The molecular weight excluding hydrogens is 341 g/mol. The molecule has 0 saturated carbocycles. The number of hydrogen-bond donors (Lipinski definition) is 0. The molecule has 0 saturated heterocycles. The second-order valence-electron chi connectivity index (χ2n) is 5.59. The summed E-state index contributed by atoms with van der Waals surface area (Å²) in [6, 6.07) is 10.6. The van der Waals surface area contributed by atoms with Crippen molar-refractivity contribution < 1.29 is 8.91 Å². The maximum absolute atomic E-state index is 13.7. The van der Waals surface area contributed by atoms with Gasteiger partial charge in [-0.05, 0) is 37.6 Å². The number of nitrogens with zero attached hydrogens (tertiary/aromatic N) is 5. The van der Waals surface area contributed by atoms with E-state index in [9.17, 15) is 4.39 Å². The van der Waals surface area contributed by atoms with Crippen LogP contribution in [0.1, 0.15) is 23.6 Å². The van der Waals surface area contributed by atoms with Gasteiger partial charge in [0.2, 0.25) is 11.7 Å². The Bertz CT molecular complexity index is 1040. The second-order valence-corrected chi connectivity index (χ2v) is 6.90. The molecule has 0 bridgehead atoms. The molecule has 1 aromatic carbocycles. The number of fused-ring (bicyclic) bond motifs is 1. The van der Waals surface area contributed by atoms with Gasteiger partial charge in [0.25, 0.3) is 0 Å². The Morgan fingerprint density at radius 1 is 1.20 bits per heavy atom. The number of hydrogen-bond acceptors (Lipinski definition) is 6. The summed E-state index contributed by atoms with van der Waals surface area (Å²) in [6.45, 7) is 3.66. The number of aromatic nitrogens is 5. The lowest BCUT2D eigenvalue weighted by Crippen LogP contribution is -1.93. The zero-order valence-electron chi connectivity index (χ0n) is 13.5. The predicted octanol–water partition coefficient (Wildman–Crippen LogP) is 4.08. The average molecular weight is 355 g/mol. The monoisotopic (exact) mass is 355 g/mol. The van der Waals surface area contributed by atoms with Crippen LogP contribution < -0.4 is 0 Å². The van der Waals surface area contributed by atoms with E-state index in [0.29, 0.717) is 22.8 Å². The van der Waals surface area contributed by atoms with Gasteiger partial charge >= 0.3 is 0 Å². The Morgan fingerprint density at radius 2 is 2.08 bits per heavy atom. The standard InChI is InChI=1S/C17H14FN5OS/c1-10-6-7-12(9-13(10)18)15-19-16(24-22-15)11(2)25-17-21-20-14-5-3-4-8-23(14)17/h3-9,11H,1-2H3. The minimum absolute atomic E-state index is 0.121. The van der Waals surface area contributed by atoms with Crippen molar-refractivity contribution >= 4 is 17.4 Å². The van der Waals surface area contributed by atoms with Gasteiger partial charge in [0.15, 0.2) is 10.8 Å². The number of thioether (sulfide) groups is 1. The smallest absolute Gasteiger partial charge is 0.240 e. The molecule has 0 aliphatic heterocycles. The summed E-state index contributed by atoms with van der Waals surface area (Å²) in [5, 5.41) is 12.9. The number of halogens is 1. The van der Waals surface area contributed by atoms with Crippen LogP contribution in [-0.4, -0.2) is 24.7 Å². The third kappa shape index (κ3) is 3.00. The summed E-state index contributed by atoms with van der Waals surface area (Å²) in [6.07, 6.45) is 1.90. The van der Waals surface area contributed by atoms with E-state index in [1.165, 1.54) is 17.8 Å². The van der Waals surface area contributed by atoms with Crippen molar-refractivity contribution in [3.63, 3.8) is 0 Å². The van der Waals surface area contributed by atoms with Crippen LogP contribution in [0.5, 0.6) is 0 Å². The van der Waals surface area contributed by atoms with E-state index in [4.69, 9.17) is 4.52 Å². The summed E-state index contributed by atoms with van der Waals surface area (Å²) in [4.78, 5) is 4.39. The van der Waals surface area contributed by atoms with Crippen molar-refractivity contribution in [2.45, 2.75) is 24.3 Å². The van der Waals surface area contributed by atoms with Crippen molar-refractivity contribution in [1.29, 1.82) is 0 Å². The molecule has 0 radical (unpaired) electrons. The Hall–Kier alpha value is -2.74. The molecular formula is C17H14FN5OS. The highest BCUT2D eigenvalue weighted by Crippen LogP contribution is 2.33. The fourth-order valence-electron chi connectivity index (χ4n) is 2.36. The van der Waals surface area contributed by atoms with Crippen LogP contribution in [0, 0.1) is 12.7 Å². The molecule has 4 aromatic rings. The minimum atomic E-state index is -0.291. The van der Waals surface area contributed by atoms with E-state index >= 15 is 0 Å². The number of rotatable bonds is 4. The summed E-state index contributed by atoms with van der Waals surface area (Å²) in [5.74, 6) is 0.530. The third-order valence-corrected chi connectivity index (χ3v) is 4.83. The van der Waals surface area contributed by atoms with E-state index in [-0.39, 0.29) is 11.1 Å². The van der Waals surface area contributed by atoms with Crippen molar-refractivity contribution in [3.05, 3.63) is 59.9 Å². The lowest BCUT2D eigenvalue weighted by Gasteiger charge is -2.04. The molecule has 126 valence electrons. The number of benzene rings is 1. The normalized spacial score (nSPS) is 12.6. The Morgan fingerprint density at radius 3 is 2.92 bits per heavy atom. The molecule has 1 atom stereocenters. The zero-order valence-corrected chi connectivity index (χ0v) is 14.4. The van der Waals surface area contributed by atoms with Crippen molar-refractivity contribution in [2.24, 2.45) is 0 Å². The number of pyridine rings is 1. The van der Waals surface area contributed by atoms with Gasteiger partial charge in [-0.3, -0.25) is 4.40 Å². The largest absolute Gasteiger partial charge is 0.338 e. The zero-order chi connectivity index (χ0) is 17.4. The van der Waals surface area contributed by atoms with Crippen LogP contribution in [0.3, 0.4) is 0 Å². The van der Waals surface area contributed by atoms with Crippen molar-refractivity contribution in [3.8, 4) is 11.4 Å². The van der Waals surface area contributed by atoms with Crippen LogP contribution in [0.4, 0.5) is 4.39 Å². The Kier molecular flexibility index (Phi) is 3.96. The summed E-state index contributed by atoms with van der Waals surface area (Å²) in [7, 11) is 0. The summed E-state index contributed by atoms with van der Waals surface area (Å²) < 4.78 is 21.0. The first kappa shape index (κ1) is 15.8. The van der Waals surface area contributed by atoms with Crippen LogP contribution >= 0.6 is 11.8 Å². The van der Waals surface area contributed by atoms with Crippen LogP contribution in [-0.2, 0) is 0 Å². The Labute approximate surface area is 147 Å². The van der Waals surface area contributed by atoms with Gasteiger partial charge in [-0.2, -0.15) is 4.98 Å². The SMILES string of the molecule is Cc1ccc(-c2noc(C(C)Sc3nnc4ccccn34)n2)cc1F. The highest BCUT2D eigenvalue weighted by molar-refractivity contribution is 7.99. The fourth-order valence-corrected chi connectivity index (χ4v) is 3.23. The highest BCUT2D eigenvalue weighted by atomic mass is 32.2. The van der Waals surface area contributed by atoms with Gasteiger partial charge in [-0.25, -0.2) is 4.39 Å². The molecule has 0 spiro atoms. The van der Waals surface area contributed by atoms with Gasteiger partial charge < -0.3 is 4.52 Å². The van der Waals surface area contributed by atoms with Gasteiger partial charge in [0, 0.05) is 11.8 Å². The van der Waals surface area contributed by atoms with E-state index in [0.717, 1.165) is 10.8 Å². The summed E-state index contributed by atoms with van der Waals surface area (Å²) in [5.41, 5.74) is 1.94. The van der Waals surface area contributed by atoms with E-state index in [1.54, 1.807) is 19.1 Å². The maximum atomic E-state index is 13.7. The van der Waals surface area contributed by atoms with E-state index in [1.807, 2.05) is 35.7 Å². The highest BCUT2D eigenvalue weighted by Gasteiger charge is 2.19. The molecule has 0 N–H and O–H groups in total. The molecule has 0 fully saturated rings. The lowest BCUT2D eigenvalue weighted by molar-refractivity contribution is 0.380. The van der Waals surface area contributed by atoms with E-state index < -0.39 is 0 Å². The maximum Gasteiger partial charge on any atom is 0.240 e. The molecule has 3 aromatic heterocycles. The summed E-state index contributed by atoms with van der Waals surface area (Å²) >= 11 is 1.47. The van der Waals surface area contributed by atoms with Gasteiger partial charge in [0.1, 0.15) is 5.82 Å². The molecule has 4 rings (SSSR count). The first-order chi connectivity index (χ1) is 12.1. The predicted molar refractivity (Wildman–Crippen MR) is 91.7 cm³/mol. The molecule has 3 heterocycles. The third-order valence-electron chi connectivity index (χ3n) is 3.78. The molecule has 0 aliphatic carbocycles. The first-order valence-electron chi connectivity index (χ1n) is 7.68.